The summed E-state index contributed by atoms with van der Waals surface area (Å²) in [6.45, 7) is 10.9. The Morgan fingerprint density at radius 2 is 1.08 bits per heavy atom. The lowest BCUT2D eigenvalue weighted by atomic mass is 9.82. The third kappa shape index (κ3) is 7.23. The molecule has 0 fully saturated rings. The first-order chi connectivity index (χ1) is 17.8. The highest BCUT2D eigenvalue weighted by Crippen LogP contribution is 2.29. The SMILES string of the molecule is CC/C(C)=N\c1ccc(N=C2C=CC(=Nc3ccc(Nc4ccc(C(C)(C)CC)cc4)cc3)C=C2)cc1. The first kappa shape index (κ1) is 26.0. The lowest BCUT2D eigenvalue weighted by Gasteiger charge is -2.23. The van der Waals surface area contributed by atoms with Gasteiger partial charge in [-0.1, -0.05) is 39.8 Å². The number of rotatable bonds is 8. The summed E-state index contributed by atoms with van der Waals surface area (Å²) in [7, 11) is 0. The molecule has 4 nitrogen and oxygen atoms in total. The molecular formula is C33H36N4. The molecule has 3 aromatic rings. The van der Waals surface area contributed by atoms with Crippen LogP contribution in [0, 0.1) is 0 Å². The number of hydrogen-bond acceptors (Lipinski definition) is 4. The summed E-state index contributed by atoms with van der Waals surface area (Å²) in [6, 6.07) is 24.9. The molecule has 1 aliphatic rings. The molecule has 0 heterocycles. The Bertz CT molecular complexity index is 1330. The van der Waals surface area contributed by atoms with E-state index in [4.69, 9.17) is 9.98 Å². The normalized spacial score (nSPS) is 13.6. The predicted octanol–water partition coefficient (Wildman–Crippen LogP) is 9.59. The number of anilines is 2. The summed E-state index contributed by atoms with van der Waals surface area (Å²) in [6.07, 6.45) is 10.0. The average Bonchev–Trinajstić information content (AvgIpc) is 2.92. The molecule has 0 radical (unpaired) electrons. The Balaban J connectivity index is 1.36. The zero-order chi connectivity index (χ0) is 26.3. The predicted molar refractivity (Wildman–Crippen MR) is 161 cm³/mol. The van der Waals surface area contributed by atoms with Gasteiger partial charge in [-0.3, -0.25) is 4.99 Å². The number of benzene rings is 3. The third-order valence-corrected chi connectivity index (χ3v) is 6.75. The molecule has 4 rings (SSSR count). The van der Waals surface area contributed by atoms with Crippen LogP contribution in [0.25, 0.3) is 0 Å². The zero-order valence-corrected chi connectivity index (χ0v) is 22.5. The minimum Gasteiger partial charge on any atom is -0.356 e. The fraction of sp³-hybridized carbons (Fsp3) is 0.242. The number of allylic oxidation sites excluding steroid dienone is 4. The van der Waals surface area contributed by atoms with Gasteiger partial charge >= 0.3 is 0 Å². The molecular weight excluding hydrogens is 452 g/mol. The maximum absolute atomic E-state index is 4.75. The standard InChI is InChI=1S/C33H36N4/c1-6-24(3)34-26-12-14-28(15-13-26)36-30-20-22-32(23-21-30)37-31-18-16-29(17-19-31)35-27-10-8-25(9-11-27)33(4,5)7-2/h8-23,35H,6-7H2,1-5H3/b34-24-,36-30?,37-32?. The largest absolute Gasteiger partial charge is 0.356 e. The molecule has 0 saturated heterocycles. The smallest absolute Gasteiger partial charge is 0.0638 e. The summed E-state index contributed by atoms with van der Waals surface area (Å²) in [5, 5.41) is 3.48. The van der Waals surface area contributed by atoms with Crippen LogP contribution in [-0.4, -0.2) is 17.1 Å². The van der Waals surface area contributed by atoms with E-state index in [2.05, 4.69) is 74.4 Å². The molecule has 0 saturated carbocycles. The molecule has 0 aromatic heterocycles. The first-order valence-electron chi connectivity index (χ1n) is 13.0. The van der Waals surface area contributed by atoms with Crippen LogP contribution in [0.15, 0.2) is 112 Å². The van der Waals surface area contributed by atoms with Crippen LogP contribution >= 0.6 is 0 Å². The van der Waals surface area contributed by atoms with Crippen LogP contribution in [0.4, 0.5) is 28.4 Å². The van der Waals surface area contributed by atoms with Crippen molar-refractivity contribution in [3.8, 4) is 0 Å². The molecule has 4 heteroatoms. The second kappa shape index (κ2) is 11.8. The van der Waals surface area contributed by atoms with Crippen molar-refractivity contribution in [3.05, 3.63) is 103 Å². The van der Waals surface area contributed by atoms with Gasteiger partial charge in [0.05, 0.1) is 28.5 Å². The van der Waals surface area contributed by atoms with Crippen molar-refractivity contribution in [1.82, 2.24) is 0 Å². The van der Waals surface area contributed by atoms with Crippen molar-refractivity contribution < 1.29 is 0 Å². The molecule has 3 aromatic carbocycles. The number of hydrogen-bond donors (Lipinski definition) is 1. The van der Waals surface area contributed by atoms with E-state index in [9.17, 15) is 0 Å². The van der Waals surface area contributed by atoms with Crippen molar-refractivity contribution in [3.63, 3.8) is 0 Å². The summed E-state index contributed by atoms with van der Waals surface area (Å²) in [5.41, 5.74) is 9.37. The van der Waals surface area contributed by atoms with E-state index in [-0.39, 0.29) is 5.41 Å². The van der Waals surface area contributed by atoms with Crippen LogP contribution in [0.3, 0.4) is 0 Å². The van der Waals surface area contributed by atoms with Gasteiger partial charge < -0.3 is 5.32 Å². The first-order valence-corrected chi connectivity index (χ1v) is 13.0. The Hall–Kier alpha value is -4.05. The number of aliphatic imine (C=N–C) groups is 3. The maximum atomic E-state index is 4.75. The second-order valence-corrected chi connectivity index (χ2v) is 9.94. The van der Waals surface area contributed by atoms with Gasteiger partial charge in [-0.2, -0.15) is 0 Å². The quantitative estimate of drug-likeness (QED) is 0.249. The van der Waals surface area contributed by atoms with E-state index in [1.165, 1.54) is 5.56 Å². The van der Waals surface area contributed by atoms with Crippen LogP contribution in [-0.2, 0) is 5.41 Å². The fourth-order valence-electron chi connectivity index (χ4n) is 3.80. The Morgan fingerprint density at radius 1 is 0.649 bits per heavy atom. The molecule has 0 bridgehead atoms. The molecule has 1 N–H and O–H groups in total. The molecule has 0 aliphatic heterocycles. The number of nitrogens with zero attached hydrogens (tertiary/aromatic N) is 3. The van der Waals surface area contributed by atoms with Crippen molar-refractivity contribution in [2.45, 2.75) is 52.9 Å². The molecule has 0 spiro atoms. The minimum atomic E-state index is 0.197. The topological polar surface area (TPSA) is 49.1 Å². The summed E-state index contributed by atoms with van der Waals surface area (Å²) < 4.78 is 0. The van der Waals surface area contributed by atoms with Crippen molar-refractivity contribution in [1.29, 1.82) is 0 Å². The highest BCUT2D eigenvalue weighted by molar-refractivity contribution is 6.19. The minimum absolute atomic E-state index is 0.197. The molecule has 188 valence electrons. The van der Waals surface area contributed by atoms with E-state index in [1.54, 1.807) is 0 Å². The Kier molecular flexibility index (Phi) is 8.29. The monoisotopic (exact) mass is 488 g/mol. The zero-order valence-electron chi connectivity index (χ0n) is 22.5. The van der Waals surface area contributed by atoms with E-state index < -0.39 is 0 Å². The van der Waals surface area contributed by atoms with Crippen molar-refractivity contribution in [2.24, 2.45) is 15.0 Å². The third-order valence-electron chi connectivity index (χ3n) is 6.75. The molecule has 0 unspecified atom stereocenters. The lowest BCUT2D eigenvalue weighted by Crippen LogP contribution is -2.15. The van der Waals surface area contributed by atoms with Crippen molar-refractivity contribution >= 4 is 45.6 Å². The van der Waals surface area contributed by atoms with E-state index in [1.807, 2.05) is 67.6 Å². The van der Waals surface area contributed by atoms with Gasteiger partial charge in [0.2, 0.25) is 0 Å². The fourth-order valence-corrected chi connectivity index (χ4v) is 3.80. The van der Waals surface area contributed by atoms with Crippen LogP contribution in [0.1, 0.15) is 53.0 Å². The van der Waals surface area contributed by atoms with Crippen LogP contribution in [0.2, 0.25) is 0 Å². The van der Waals surface area contributed by atoms with Crippen molar-refractivity contribution in [2.75, 3.05) is 5.32 Å². The van der Waals surface area contributed by atoms with E-state index in [0.29, 0.717) is 0 Å². The Morgan fingerprint density at radius 3 is 1.54 bits per heavy atom. The highest BCUT2D eigenvalue weighted by atomic mass is 14.9. The maximum Gasteiger partial charge on any atom is 0.0638 e. The summed E-state index contributed by atoms with van der Waals surface area (Å²) in [5.74, 6) is 0. The van der Waals surface area contributed by atoms with Gasteiger partial charge in [-0.05, 0) is 116 Å². The molecule has 1 aliphatic carbocycles. The lowest BCUT2D eigenvalue weighted by molar-refractivity contribution is 0.506. The highest BCUT2D eigenvalue weighted by Gasteiger charge is 2.17. The average molecular weight is 489 g/mol. The molecule has 37 heavy (non-hydrogen) atoms. The van der Waals surface area contributed by atoms with Gasteiger partial charge in [0.25, 0.3) is 0 Å². The van der Waals surface area contributed by atoms with Gasteiger partial charge in [0, 0.05) is 17.1 Å². The molecule has 0 amide bonds. The number of nitrogens with one attached hydrogen (secondary N) is 1. The summed E-state index contributed by atoms with van der Waals surface area (Å²) in [4.78, 5) is 14.0. The Labute approximate surface area is 221 Å². The van der Waals surface area contributed by atoms with E-state index >= 15 is 0 Å². The van der Waals surface area contributed by atoms with Gasteiger partial charge in [-0.25, -0.2) is 9.98 Å². The van der Waals surface area contributed by atoms with Crippen LogP contribution < -0.4 is 5.32 Å². The van der Waals surface area contributed by atoms with E-state index in [0.717, 1.165) is 58.4 Å². The second-order valence-electron chi connectivity index (χ2n) is 9.94. The van der Waals surface area contributed by atoms with Gasteiger partial charge in [0.1, 0.15) is 0 Å². The van der Waals surface area contributed by atoms with Gasteiger partial charge in [0.15, 0.2) is 0 Å². The van der Waals surface area contributed by atoms with Crippen LogP contribution in [0.5, 0.6) is 0 Å². The molecule has 0 atom stereocenters. The van der Waals surface area contributed by atoms with Gasteiger partial charge in [-0.15, -0.1) is 0 Å². The summed E-state index contributed by atoms with van der Waals surface area (Å²) >= 11 is 0.